The van der Waals surface area contributed by atoms with E-state index < -0.39 is 4.92 Å². The third-order valence-corrected chi connectivity index (χ3v) is 3.88. The van der Waals surface area contributed by atoms with E-state index in [4.69, 9.17) is 0 Å². The Morgan fingerprint density at radius 3 is 2.42 bits per heavy atom. The predicted molar refractivity (Wildman–Crippen MR) is 94.7 cm³/mol. The molecule has 130 valence electrons. The summed E-state index contributed by atoms with van der Waals surface area (Å²) in [5.74, 6) is -0.588. The van der Waals surface area contributed by atoms with Crippen LogP contribution in [0.5, 0.6) is 0 Å². The normalized spacial score (nSPS) is 11.0. The molecule has 0 N–H and O–H groups in total. The Kier molecular flexibility index (Phi) is 4.70. The average Bonchev–Trinajstić information content (AvgIpc) is 3.02. The second-order valence-corrected chi connectivity index (χ2v) is 5.58. The van der Waals surface area contributed by atoms with Crippen LogP contribution >= 0.6 is 0 Å². The molecule has 0 atom stereocenters. The van der Waals surface area contributed by atoms with Crippen molar-refractivity contribution >= 4 is 17.5 Å². The minimum atomic E-state index is -0.480. The minimum absolute atomic E-state index is 0.00936. The lowest BCUT2D eigenvalue weighted by Gasteiger charge is -2.04. The number of ketones is 1. The molecule has 0 unspecified atom stereocenters. The van der Waals surface area contributed by atoms with E-state index in [0.29, 0.717) is 22.5 Å². The van der Waals surface area contributed by atoms with Gasteiger partial charge in [0.2, 0.25) is 0 Å². The van der Waals surface area contributed by atoms with E-state index in [-0.39, 0.29) is 17.3 Å². The van der Waals surface area contributed by atoms with Crippen LogP contribution in [0.25, 0.3) is 11.8 Å². The van der Waals surface area contributed by atoms with Crippen LogP contribution in [0.4, 0.5) is 10.1 Å². The van der Waals surface area contributed by atoms with Crippen molar-refractivity contribution in [3.63, 3.8) is 0 Å². The molecule has 0 fully saturated rings. The number of hydrogen-bond donors (Lipinski definition) is 0. The number of aromatic nitrogens is 2. The van der Waals surface area contributed by atoms with Crippen LogP contribution in [0, 0.1) is 22.9 Å². The van der Waals surface area contributed by atoms with Crippen molar-refractivity contribution in [1.29, 1.82) is 0 Å². The molecule has 0 bridgehead atoms. The number of hydrogen-bond acceptors (Lipinski definition) is 4. The summed E-state index contributed by atoms with van der Waals surface area (Å²) in [6, 6.07) is 11.7. The summed E-state index contributed by atoms with van der Waals surface area (Å²) in [6.07, 6.45) is 4.43. The van der Waals surface area contributed by atoms with Crippen LogP contribution in [-0.4, -0.2) is 20.5 Å². The molecule has 1 heterocycles. The summed E-state index contributed by atoms with van der Waals surface area (Å²) in [5, 5.41) is 14.8. The maximum atomic E-state index is 13.0. The number of nitro benzene ring substituents is 1. The van der Waals surface area contributed by atoms with Gasteiger partial charge in [-0.3, -0.25) is 14.9 Å². The SMILES string of the molecule is Cc1c(C(=O)/C=C/c2ccc([N+](=O)[O-])cc2)cnn1-c1ccc(F)cc1. The van der Waals surface area contributed by atoms with Gasteiger partial charge in [0, 0.05) is 12.1 Å². The second-order valence-electron chi connectivity index (χ2n) is 5.58. The number of nitrogens with zero attached hydrogens (tertiary/aromatic N) is 3. The molecule has 7 heteroatoms. The van der Waals surface area contributed by atoms with Gasteiger partial charge >= 0.3 is 0 Å². The molecule has 0 aliphatic carbocycles. The van der Waals surface area contributed by atoms with E-state index in [1.807, 2.05) is 0 Å². The Hall–Kier alpha value is -3.61. The highest BCUT2D eigenvalue weighted by atomic mass is 19.1. The first-order chi connectivity index (χ1) is 12.5. The number of carbonyl (C=O) groups excluding carboxylic acids is 1. The second kappa shape index (κ2) is 7.10. The number of non-ortho nitro benzene ring substituents is 1. The molecule has 0 saturated heterocycles. The molecular formula is C19H14FN3O3. The van der Waals surface area contributed by atoms with E-state index in [1.54, 1.807) is 41.9 Å². The fourth-order valence-electron chi connectivity index (χ4n) is 2.46. The topological polar surface area (TPSA) is 78.0 Å². The molecule has 0 spiro atoms. The van der Waals surface area contributed by atoms with E-state index >= 15 is 0 Å². The minimum Gasteiger partial charge on any atom is -0.289 e. The van der Waals surface area contributed by atoms with Crippen molar-refractivity contribution in [2.75, 3.05) is 0 Å². The quantitative estimate of drug-likeness (QED) is 0.300. The van der Waals surface area contributed by atoms with Crippen molar-refractivity contribution in [3.8, 4) is 5.69 Å². The molecule has 3 rings (SSSR count). The maximum absolute atomic E-state index is 13.0. The first kappa shape index (κ1) is 17.2. The molecule has 0 aliphatic heterocycles. The Bertz CT molecular complexity index is 990. The van der Waals surface area contributed by atoms with Crippen molar-refractivity contribution in [2.24, 2.45) is 0 Å². The van der Waals surface area contributed by atoms with Crippen molar-refractivity contribution in [2.45, 2.75) is 6.92 Å². The van der Waals surface area contributed by atoms with E-state index in [2.05, 4.69) is 5.10 Å². The zero-order chi connectivity index (χ0) is 18.7. The molecule has 3 aromatic rings. The fraction of sp³-hybridized carbons (Fsp3) is 0.0526. The summed E-state index contributed by atoms with van der Waals surface area (Å²) in [5.41, 5.74) is 2.38. The van der Waals surface area contributed by atoms with Crippen LogP contribution in [0.15, 0.2) is 60.8 Å². The summed E-state index contributed by atoms with van der Waals surface area (Å²) >= 11 is 0. The molecule has 2 aromatic carbocycles. The highest BCUT2D eigenvalue weighted by Crippen LogP contribution is 2.17. The third-order valence-electron chi connectivity index (χ3n) is 3.88. The maximum Gasteiger partial charge on any atom is 0.269 e. The van der Waals surface area contributed by atoms with E-state index in [0.717, 1.165) is 0 Å². The highest BCUT2D eigenvalue weighted by molar-refractivity contribution is 6.07. The molecule has 0 aliphatic rings. The van der Waals surface area contributed by atoms with Crippen LogP contribution in [0.2, 0.25) is 0 Å². The van der Waals surface area contributed by atoms with Gasteiger partial charge in [-0.2, -0.15) is 5.10 Å². The zero-order valence-electron chi connectivity index (χ0n) is 13.8. The third kappa shape index (κ3) is 3.56. The Morgan fingerprint density at radius 1 is 1.15 bits per heavy atom. The number of rotatable bonds is 5. The number of halogens is 1. The molecule has 1 aromatic heterocycles. The summed E-state index contributed by atoms with van der Waals surface area (Å²) in [7, 11) is 0. The van der Waals surface area contributed by atoms with Crippen molar-refractivity contribution in [3.05, 3.63) is 93.6 Å². The molecule has 0 amide bonds. The lowest BCUT2D eigenvalue weighted by Crippen LogP contribution is -2.01. The van der Waals surface area contributed by atoms with E-state index in [9.17, 15) is 19.3 Å². The number of nitro groups is 1. The zero-order valence-corrected chi connectivity index (χ0v) is 13.8. The first-order valence-electron chi connectivity index (χ1n) is 7.73. The van der Waals surface area contributed by atoms with Gasteiger partial charge in [0.15, 0.2) is 5.78 Å². The largest absolute Gasteiger partial charge is 0.289 e. The van der Waals surface area contributed by atoms with Gasteiger partial charge in [-0.05, 0) is 55.0 Å². The molecule has 0 radical (unpaired) electrons. The predicted octanol–water partition coefficient (Wildman–Crippen LogP) is 4.12. The number of carbonyl (C=O) groups is 1. The Morgan fingerprint density at radius 2 is 1.81 bits per heavy atom. The van der Waals surface area contributed by atoms with Crippen LogP contribution in [0.1, 0.15) is 21.6 Å². The molecular weight excluding hydrogens is 337 g/mol. The lowest BCUT2D eigenvalue weighted by atomic mass is 10.1. The van der Waals surface area contributed by atoms with E-state index in [1.165, 1.54) is 36.5 Å². The summed E-state index contributed by atoms with van der Waals surface area (Å²) in [6.45, 7) is 1.75. The summed E-state index contributed by atoms with van der Waals surface area (Å²) < 4.78 is 14.6. The van der Waals surface area contributed by atoms with Crippen molar-refractivity contribution < 1.29 is 14.1 Å². The van der Waals surface area contributed by atoms with Gasteiger partial charge in [-0.15, -0.1) is 0 Å². The standard InChI is InChI=1S/C19H14FN3O3/c1-13-18(12-21-22(13)16-9-5-15(20)6-10-16)19(24)11-4-14-2-7-17(8-3-14)23(25)26/h2-12H,1H3/b11-4+. The van der Waals surface area contributed by atoms with Gasteiger partial charge < -0.3 is 0 Å². The van der Waals surface area contributed by atoms with Gasteiger partial charge in [0.25, 0.3) is 5.69 Å². The first-order valence-corrected chi connectivity index (χ1v) is 7.73. The monoisotopic (exact) mass is 351 g/mol. The smallest absolute Gasteiger partial charge is 0.269 e. The van der Waals surface area contributed by atoms with Gasteiger partial charge in [-0.25, -0.2) is 9.07 Å². The van der Waals surface area contributed by atoms with Crippen molar-refractivity contribution in [1.82, 2.24) is 9.78 Å². The molecule has 26 heavy (non-hydrogen) atoms. The Balaban J connectivity index is 1.80. The lowest BCUT2D eigenvalue weighted by molar-refractivity contribution is -0.384. The van der Waals surface area contributed by atoms with Crippen LogP contribution in [0.3, 0.4) is 0 Å². The van der Waals surface area contributed by atoms with Gasteiger partial charge in [-0.1, -0.05) is 6.08 Å². The molecule has 6 nitrogen and oxygen atoms in total. The van der Waals surface area contributed by atoms with Crippen LogP contribution in [-0.2, 0) is 0 Å². The average molecular weight is 351 g/mol. The van der Waals surface area contributed by atoms with Gasteiger partial charge in [0.1, 0.15) is 5.82 Å². The fourth-order valence-corrected chi connectivity index (χ4v) is 2.46. The van der Waals surface area contributed by atoms with Gasteiger partial charge in [0.05, 0.1) is 28.1 Å². The summed E-state index contributed by atoms with van der Waals surface area (Å²) in [4.78, 5) is 22.6. The number of benzene rings is 2. The molecule has 0 saturated carbocycles. The Labute approximate surface area is 148 Å². The highest BCUT2D eigenvalue weighted by Gasteiger charge is 2.13. The van der Waals surface area contributed by atoms with Crippen LogP contribution < -0.4 is 0 Å². The number of allylic oxidation sites excluding steroid dienone is 1.